The van der Waals surface area contributed by atoms with E-state index in [-0.39, 0.29) is 24.1 Å². The third-order valence-corrected chi connectivity index (χ3v) is 4.21. The maximum absolute atomic E-state index is 12.6. The maximum atomic E-state index is 12.6. The van der Waals surface area contributed by atoms with E-state index >= 15 is 0 Å². The second-order valence-electron chi connectivity index (χ2n) is 5.99. The highest BCUT2D eigenvalue weighted by atomic mass is 16.2. The van der Waals surface area contributed by atoms with Crippen molar-refractivity contribution < 1.29 is 9.59 Å². The van der Waals surface area contributed by atoms with Crippen LogP contribution in [-0.4, -0.2) is 41.4 Å². The van der Waals surface area contributed by atoms with Crippen molar-refractivity contribution in [2.75, 3.05) is 29.9 Å². The van der Waals surface area contributed by atoms with Crippen LogP contribution in [0, 0.1) is 0 Å². The highest BCUT2D eigenvalue weighted by Crippen LogP contribution is 2.26. The standard InChI is InChI=1S/C19H17N5O2/c25-18-12-24(10-9-20-18)17-8-4-3-7-15(17)23-19(26)16-11-21-13-5-1-2-6-14(13)22-16/h1-8,11H,9-10,12H2,(H,20,25)(H,23,26). The number of nitrogens with zero attached hydrogens (tertiary/aromatic N) is 3. The van der Waals surface area contributed by atoms with Crippen LogP contribution in [0.2, 0.25) is 0 Å². The average Bonchev–Trinajstić information content (AvgIpc) is 2.68. The number of benzene rings is 2. The Labute approximate surface area is 150 Å². The van der Waals surface area contributed by atoms with Gasteiger partial charge in [0.1, 0.15) is 5.69 Å². The van der Waals surface area contributed by atoms with Crippen LogP contribution < -0.4 is 15.5 Å². The zero-order valence-electron chi connectivity index (χ0n) is 14.0. The molecular formula is C19H17N5O2. The zero-order chi connectivity index (χ0) is 17.9. The minimum Gasteiger partial charge on any atom is -0.359 e. The first-order valence-electron chi connectivity index (χ1n) is 8.34. The van der Waals surface area contributed by atoms with E-state index in [1.165, 1.54) is 6.20 Å². The fourth-order valence-electron chi connectivity index (χ4n) is 2.95. The van der Waals surface area contributed by atoms with Crippen molar-refractivity contribution in [3.8, 4) is 0 Å². The lowest BCUT2D eigenvalue weighted by atomic mass is 10.2. The largest absolute Gasteiger partial charge is 0.359 e. The molecule has 1 aromatic heterocycles. The Balaban J connectivity index is 1.60. The Morgan fingerprint density at radius 2 is 1.85 bits per heavy atom. The van der Waals surface area contributed by atoms with Gasteiger partial charge in [0.2, 0.25) is 5.91 Å². The molecule has 2 amide bonds. The van der Waals surface area contributed by atoms with Crippen molar-refractivity contribution in [2.24, 2.45) is 0 Å². The minimum absolute atomic E-state index is 0.0298. The van der Waals surface area contributed by atoms with Crippen LogP contribution in [0.15, 0.2) is 54.7 Å². The molecule has 0 saturated carbocycles. The molecule has 0 spiro atoms. The number of para-hydroxylation sites is 4. The molecule has 1 saturated heterocycles. The van der Waals surface area contributed by atoms with E-state index in [1.807, 2.05) is 53.4 Å². The Hall–Kier alpha value is -3.48. The monoisotopic (exact) mass is 347 g/mol. The molecule has 130 valence electrons. The Morgan fingerprint density at radius 1 is 1.08 bits per heavy atom. The molecule has 1 fully saturated rings. The summed E-state index contributed by atoms with van der Waals surface area (Å²) < 4.78 is 0. The average molecular weight is 347 g/mol. The summed E-state index contributed by atoms with van der Waals surface area (Å²) in [4.78, 5) is 34.9. The number of hydrogen-bond acceptors (Lipinski definition) is 5. The van der Waals surface area contributed by atoms with E-state index < -0.39 is 0 Å². The Kier molecular flexibility index (Phi) is 4.18. The molecule has 0 aliphatic carbocycles. The van der Waals surface area contributed by atoms with Gasteiger partial charge in [0.15, 0.2) is 0 Å². The molecule has 1 aliphatic rings. The SMILES string of the molecule is O=C1CN(c2ccccc2NC(=O)c2cnc3ccccc3n2)CCN1. The summed E-state index contributed by atoms with van der Waals surface area (Å²) in [6.45, 7) is 1.54. The van der Waals surface area contributed by atoms with E-state index in [4.69, 9.17) is 0 Å². The molecule has 0 unspecified atom stereocenters. The molecule has 26 heavy (non-hydrogen) atoms. The van der Waals surface area contributed by atoms with E-state index in [1.54, 1.807) is 0 Å². The van der Waals surface area contributed by atoms with Gasteiger partial charge in [0, 0.05) is 13.1 Å². The summed E-state index contributed by atoms with van der Waals surface area (Å²) in [6.07, 6.45) is 1.47. The summed E-state index contributed by atoms with van der Waals surface area (Å²) in [5.41, 5.74) is 3.10. The third kappa shape index (κ3) is 3.19. The van der Waals surface area contributed by atoms with Crippen molar-refractivity contribution in [3.63, 3.8) is 0 Å². The zero-order valence-corrected chi connectivity index (χ0v) is 14.0. The van der Waals surface area contributed by atoms with Gasteiger partial charge >= 0.3 is 0 Å². The molecule has 2 aromatic carbocycles. The number of fused-ring (bicyclic) bond motifs is 1. The number of hydrogen-bond donors (Lipinski definition) is 2. The van der Waals surface area contributed by atoms with Gasteiger partial charge in [0.25, 0.3) is 5.91 Å². The van der Waals surface area contributed by atoms with E-state index in [9.17, 15) is 9.59 Å². The number of nitrogens with one attached hydrogen (secondary N) is 2. The van der Waals surface area contributed by atoms with Crippen molar-refractivity contribution in [1.82, 2.24) is 15.3 Å². The predicted molar refractivity (Wildman–Crippen MR) is 99.2 cm³/mol. The second-order valence-corrected chi connectivity index (χ2v) is 5.99. The van der Waals surface area contributed by atoms with Gasteiger partial charge in [-0.2, -0.15) is 0 Å². The smallest absolute Gasteiger partial charge is 0.275 e. The topological polar surface area (TPSA) is 87.2 Å². The van der Waals surface area contributed by atoms with Crippen LogP contribution >= 0.6 is 0 Å². The molecule has 2 heterocycles. The minimum atomic E-state index is -0.336. The second kappa shape index (κ2) is 6.79. The van der Waals surface area contributed by atoms with Crippen LogP contribution in [-0.2, 0) is 4.79 Å². The van der Waals surface area contributed by atoms with Gasteiger partial charge in [-0.1, -0.05) is 24.3 Å². The third-order valence-electron chi connectivity index (χ3n) is 4.21. The normalized spacial score (nSPS) is 14.2. The lowest BCUT2D eigenvalue weighted by Gasteiger charge is -2.30. The lowest BCUT2D eigenvalue weighted by Crippen LogP contribution is -2.47. The van der Waals surface area contributed by atoms with E-state index in [0.29, 0.717) is 24.3 Å². The Morgan fingerprint density at radius 3 is 2.69 bits per heavy atom. The summed E-state index contributed by atoms with van der Waals surface area (Å²) in [5.74, 6) is -0.366. The summed E-state index contributed by atoms with van der Waals surface area (Å²) in [6, 6.07) is 14.8. The first-order chi connectivity index (χ1) is 12.7. The number of carbonyl (C=O) groups is 2. The first kappa shape index (κ1) is 16.0. The van der Waals surface area contributed by atoms with Crippen LogP contribution in [0.5, 0.6) is 0 Å². The number of anilines is 2. The highest BCUT2D eigenvalue weighted by molar-refractivity contribution is 6.05. The van der Waals surface area contributed by atoms with Crippen molar-refractivity contribution in [3.05, 3.63) is 60.4 Å². The molecule has 3 aromatic rings. The lowest BCUT2D eigenvalue weighted by molar-refractivity contribution is -0.120. The molecule has 7 heteroatoms. The molecule has 4 rings (SSSR count). The number of piperazine rings is 1. The van der Waals surface area contributed by atoms with Crippen LogP contribution in [0.1, 0.15) is 10.5 Å². The molecule has 0 atom stereocenters. The van der Waals surface area contributed by atoms with Crippen molar-refractivity contribution in [1.29, 1.82) is 0 Å². The van der Waals surface area contributed by atoms with Gasteiger partial charge in [-0.15, -0.1) is 0 Å². The number of amides is 2. The van der Waals surface area contributed by atoms with Crippen molar-refractivity contribution >= 4 is 34.2 Å². The van der Waals surface area contributed by atoms with Crippen LogP contribution in [0.3, 0.4) is 0 Å². The molecule has 7 nitrogen and oxygen atoms in total. The van der Waals surface area contributed by atoms with Gasteiger partial charge in [-0.05, 0) is 24.3 Å². The van der Waals surface area contributed by atoms with E-state index in [0.717, 1.165) is 11.2 Å². The molecule has 0 radical (unpaired) electrons. The van der Waals surface area contributed by atoms with Gasteiger partial charge in [0.05, 0.1) is 35.1 Å². The number of rotatable bonds is 3. The molecule has 0 bridgehead atoms. The van der Waals surface area contributed by atoms with Gasteiger partial charge < -0.3 is 15.5 Å². The first-order valence-corrected chi connectivity index (χ1v) is 8.34. The van der Waals surface area contributed by atoms with E-state index in [2.05, 4.69) is 20.6 Å². The maximum Gasteiger partial charge on any atom is 0.275 e. The fourth-order valence-corrected chi connectivity index (χ4v) is 2.95. The summed E-state index contributed by atoms with van der Waals surface area (Å²) in [7, 11) is 0. The highest BCUT2D eigenvalue weighted by Gasteiger charge is 2.20. The number of aromatic nitrogens is 2. The number of carbonyl (C=O) groups excluding carboxylic acids is 2. The van der Waals surface area contributed by atoms with Crippen LogP contribution in [0.4, 0.5) is 11.4 Å². The molecular weight excluding hydrogens is 330 g/mol. The van der Waals surface area contributed by atoms with Gasteiger partial charge in [-0.25, -0.2) is 4.98 Å². The predicted octanol–water partition coefficient (Wildman–Crippen LogP) is 1.82. The summed E-state index contributed by atoms with van der Waals surface area (Å²) >= 11 is 0. The quantitative estimate of drug-likeness (QED) is 0.755. The van der Waals surface area contributed by atoms with Gasteiger partial charge in [-0.3, -0.25) is 14.6 Å². The Bertz CT molecular complexity index is 988. The van der Waals surface area contributed by atoms with Crippen molar-refractivity contribution in [2.45, 2.75) is 0 Å². The van der Waals surface area contributed by atoms with Crippen LogP contribution in [0.25, 0.3) is 11.0 Å². The molecule has 1 aliphatic heterocycles. The fraction of sp³-hybridized carbons (Fsp3) is 0.158. The summed E-state index contributed by atoms with van der Waals surface area (Å²) in [5, 5.41) is 5.69. The molecule has 2 N–H and O–H groups in total.